The highest BCUT2D eigenvalue weighted by molar-refractivity contribution is 7.14. The highest BCUT2D eigenvalue weighted by atomic mass is 35.5. The van der Waals surface area contributed by atoms with Crippen LogP contribution >= 0.6 is 45.9 Å². The number of thiazole rings is 1. The van der Waals surface area contributed by atoms with Crippen LogP contribution in [0.25, 0.3) is 11.3 Å². The number of nitrogens with zero attached hydrogens (tertiary/aromatic N) is 1. The summed E-state index contributed by atoms with van der Waals surface area (Å²) in [6.07, 6.45) is 0.839. The van der Waals surface area contributed by atoms with E-state index in [1.165, 1.54) is 22.7 Å². The highest BCUT2D eigenvalue weighted by Crippen LogP contribution is 2.32. The molecule has 0 saturated carbocycles. The SMILES string of the molecule is O=C(CCCNC(=O)c1cccs1)Nc1nc(-c2ccc(Cl)cc2Cl)cs1. The predicted octanol–water partition coefficient (Wildman–Crippen LogP) is 5.33. The van der Waals surface area contributed by atoms with E-state index >= 15 is 0 Å². The first-order valence-electron chi connectivity index (χ1n) is 8.05. The monoisotopic (exact) mass is 439 g/mol. The van der Waals surface area contributed by atoms with Gasteiger partial charge in [-0.15, -0.1) is 22.7 Å². The molecule has 140 valence electrons. The molecule has 2 N–H and O–H groups in total. The maximum absolute atomic E-state index is 12.0. The number of amides is 2. The Morgan fingerprint density at radius 1 is 1.15 bits per heavy atom. The molecule has 0 unspecified atom stereocenters. The summed E-state index contributed by atoms with van der Waals surface area (Å²) in [5.41, 5.74) is 1.44. The van der Waals surface area contributed by atoms with Gasteiger partial charge in [-0.2, -0.15) is 0 Å². The molecule has 2 heterocycles. The number of hydrogen-bond acceptors (Lipinski definition) is 5. The summed E-state index contributed by atoms with van der Waals surface area (Å²) in [7, 11) is 0. The van der Waals surface area contributed by atoms with Crippen molar-refractivity contribution in [1.29, 1.82) is 0 Å². The van der Waals surface area contributed by atoms with Crippen molar-refractivity contribution < 1.29 is 9.59 Å². The van der Waals surface area contributed by atoms with E-state index in [4.69, 9.17) is 23.2 Å². The van der Waals surface area contributed by atoms with Gasteiger partial charge in [-0.25, -0.2) is 4.98 Å². The maximum Gasteiger partial charge on any atom is 0.261 e. The minimum atomic E-state index is -0.150. The van der Waals surface area contributed by atoms with Gasteiger partial charge in [-0.3, -0.25) is 9.59 Å². The lowest BCUT2D eigenvalue weighted by Crippen LogP contribution is -2.24. The van der Waals surface area contributed by atoms with Gasteiger partial charge in [-0.05, 0) is 36.1 Å². The van der Waals surface area contributed by atoms with Crippen molar-refractivity contribution in [2.24, 2.45) is 0 Å². The molecule has 9 heteroatoms. The number of hydrogen-bond donors (Lipinski definition) is 2. The quantitative estimate of drug-likeness (QED) is 0.488. The average Bonchev–Trinajstić information content (AvgIpc) is 3.30. The predicted molar refractivity (Wildman–Crippen MR) is 112 cm³/mol. The fourth-order valence-electron chi connectivity index (χ4n) is 2.28. The largest absolute Gasteiger partial charge is 0.351 e. The molecule has 27 heavy (non-hydrogen) atoms. The number of nitrogens with one attached hydrogen (secondary N) is 2. The number of thiophene rings is 1. The number of halogens is 2. The molecule has 0 spiro atoms. The Labute approximate surface area is 174 Å². The third kappa shape index (κ3) is 5.52. The zero-order valence-corrected chi connectivity index (χ0v) is 17.1. The number of carbonyl (C=O) groups excluding carboxylic acids is 2. The van der Waals surface area contributed by atoms with E-state index in [-0.39, 0.29) is 11.8 Å². The van der Waals surface area contributed by atoms with Crippen LogP contribution in [-0.4, -0.2) is 23.3 Å². The topological polar surface area (TPSA) is 71.1 Å². The second kappa shape index (κ2) is 9.32. The number of anilines is 1. The van der Waals surface area contributed by atoms with Crippen molar-refractivity contribution in [3.8, 4) is 11.3 Å². The van der Waals surface area contributed by atoms with Crippen molar-refractivity contribution in [2.75, 3.05) is 11.9 Å². The van der Waals surface area contributed by atoms with E-state index < -0.39 is 0 Å². The van der Waals surface area contributed by atoms with Crippen LogP contribution in [0.2, 0.25) is 10.0 Å². The highest BCUT2D eigenvalue weighted by Gasteiger charge is 2.11. The fourth-order valence-corrected chi connectivity index (χ4v) is 4.15. The van der Waals surface area contributed by atoms with Gasteiger partial charge in [0.05, 0.1) is 15.6 Å². The Morgan fingerprint density at radius 3 is 2.74 bits per heavy atom. The summed E-state index contributed by atoms with van der Waals surface area (Å²) in [5, 5.41) is 10.8. The standard InChI is InChI=1S/C18H15Cl2N3O2S2/c19-11-5-6-12(13(20)9-11)14-10-27-18(22-14)23-16(24)4-1-7-21-17(25)15-3-2-8-26-15/h2-3,5-6,8-10H,1,4,7H2,(H,21,25)(H,22,23,24). The van der Waals surface area contributed by atoms with Gasteiger partial charge in [0.15, 0.2) is 5.13 Å². The molecule has 0 atom stereocenters. The molecule has 0 radical (unpaired) electrons. The third-order valence-corrected chi connectivity index (χ3v) is 5.74. The minimum Gasteiger partial charge on any atom is -0.351 e. The van der Waals surface area contributed by atoms with E-state index in [2.05, 4.69) is 15.6 Å². The van der Waals surface area contributed by atoms with E-state index in [1.807, 2.05) is 16.8 Å². The Hall–Kier alpha value is -1.93. The Balaban J connectivity index is 1.46. The summed E-state index contributed by atoms with van der Waals surface area (Å²) in [4.78, 5) is 28.9. The molecule has 0 aliphatic heterocycles. The molecule has 2 aromatic heterocycles. The van der Waals surface area contributed by atoms with Crippen LogP contribution in [0.5, 0.6) is 0 Å². The van der Waals surface area contributed by atoms with E-state index in [1.54, 1.807) is 24.3 Å². The Bertz CT molecular complexity index is 942. The van der Waals surface area contributed by atoms with Crippen molar-refractivity contribution >= 4 is 62.8 Å². The van der Waals surface area contributed by atoms with Gasteiger partial charge in [-0.1, -0.05) is 29.3 Å². The number of aromatic nitrogens is 1. The molecular weight excluding hydrogens is 425 g/mol. The lowest BCUT2D eigenvalue weighted by Gasteiger charge is -2.04. The first-order valence-corrected chi connectivity index (χ1v) is 10.6. The van der Waals surface area contributed by atoms with Crippen molar-refractivity contribution in [3.05, 3.63) is 56.0 Å². The molecule has 5 nitrogen and oxygen atoms in total. The van der Waals surface area contributed by atoms with Crippen LogP contribution in [-0.2, 0) is 4.79 Å². The summed E-state index contributed by atoms with van der Waals surface area (Å²) in [5.74, 6) is -0.265. The third-order valence-electron chi connectivity index (χ3n) is 3.57. The van der Waals surface area contributed by atoms with Crippen LogP contribution in [0.4, 0.5) is 5.13 Å². The molecule has 0 aliphatic rings. The number of carbonyl (C=O) groups is 2. The summed E-state index contributed by atoms with van der Waals surface area (Å²) in [6, 6.07) is 8.78. The first-order chi connectivity index (χ1) is 13.0. The van der Waals surface area contributed by atoms with E-state index in [9.17, 15) is 9.59 Å². The zero-order valence-electron chi connectivity index (χ0n) is 14.0. The molecular formula is C18H15Cl2N3O2S2. The van der Waals surface area contributed by atoms with Gasteiger partial charge in [0, 0.05) is 28.9 Å². The normalized spacial score (nSPS) is 10.6. The van der Waals surface area contributed by atoms with Crippen LogP contribution in [0.3, 0.4) is 0 Å². The Morgan fingerprint density at radius 2 is 2.00 bits per heavy atom. The van der Waals surface area contributed by atoms with Crippen LogP contribution in [0.15, 0.2) is 41.1 Å². The fraction of sp³-hybridized carbons (Fsp3) is 0.167. The van der Waals surface area contributed by atoms with Gasteiger partial charge in [0.2, 0.25) is 5.91 Å². The lowest BCUT2D eigenvalue weighted by molar-refractivity contribution is -0.116. The number of rotatable bonds is 7. The van der Waals surface area contributed by atoms with Crippen LogP contribution in [0, 0.1) is 0 Å². The second-order valence-electron chi connectivity index (χ2n) is 5.55. The van der Waals surface area contributed by atoms with Crippen molar-refractivity contribution in [2.45, 2.75) is 12.8 Å². The van der Waals surface area contributed by atoms with Gasteiger partial charge in [0.25, 0.3) is 5.91 Å². The second-order valence-corrected chi connectivity index (χ2v) is 8.20. The molecule has 1 aromatic carbocycles. The lowest BCUT2D eigenvalue weighted by atomic mass is 10.2. The molecule has 2 amide bonds. The smallest absolute Gasteiger partial charge is 0.261 e. The van der Waals surface area contributed by atoms with Crippen molar-refractivity contribution in [1.82, 2.24) is 10.3 Å². The van der Waals surface area contributed by atoms with Gasteiger partial charge >= 0.3 is 0 Å². The van der Waals surface area contributed by atoms with Crippen LogP contribution in [0.1, 0.15) is 22.5 Å². The molecule has 0 fully saturated rings. The van der Waals surface area contributed by atoms with Crippen LogP contribution < -0.4 is 10.6 Å². The average molecular weight is 440 g/mol. The number of benzene rings is 1. The Kier molecular flexibility index (Phi) is 6.84. The summed E-state index contributed by atoms with van der Waals surface area (Å²) in [6.45, 7) is 0.438. The maximum atomic E-state index is 12.0. The van der Waals surface area contributed by atoms with E-state index in [0.29, 0.717) is 45.1 Å². The molecule has 0 saturated heterocycles. The molecule has 0 bridgehead atoms. The first kappa shape index (κ1) is 19.8. The van der Waals surface area contributed by atoms with E-state index in [0.717, 1.165) is 5.56 Å². The summed E-state index contributed by atoms with van der Waals surface area (Å²) < 4.78 is 0. The van der Waals surface area contributed by atoms with Gasteiger partial charge < -0.3 is 10.6 Å². The summed E-state index contributed by atoms with van der Waals surface area (Å²) >= 11 is 14.8. The minimum absolute atomic E-state index is 0.116. The van der Waals surface area contributed by atoms with Crippen molar-refractivity contribution in [3.63, 3.8) is 0 Å². The van der Waals surface area contributed by atoms with Gasteiger partial charge in [0.1, 0.15) is 0 Å². The molecule has 3 aromatic rings. The molecule has 3 rings (SSSR count). The molecule has 0 aliphatic carbocycles. The zero-order chi connectivity index (χ0) is 19.2.